The van der Waals surface area contributed by atoms with Crippen LogP contribution in [0, 0.1) is 0 Å². The monoisotopic (exact) mass is 1010 g/mol. The molecule has 5 heterocycles. The van der Waals surface area contributed by atoms with Crippen molar-refractivity contribution in [3.63, 3.8) is 0 Å². The summed E-state index contributed by atoms with van der Waals surface area (Å²) in [5, 5.41) is 1.98. The van der Waals surface area contributed by atoms with Gasteiger partial charge >= 0.3 is 0 Å². The highest BCUT2D eigenvalue weighted by Crippen LogP contribution is 2.45. The average molecular weight is 1010 g/mol. The van der Waals surface area contributed by atoms with E-state index in [1.165, 1.54) is 5.56 Å². The van der Waals surface area contributed by atoms with Gasteiger partial charge in [-0.25, -0.2) is 4.98 Å². The van der Waals surface area contributed by atoms with E-state index in [0.717, 1.165) is 134 Å². The van der Waals surface area contributed by atoms with Crippen LogP contribution >= 0.6 is 0 Å². The van der Waals surface area contributed by atoms with Gasteiger partial charge in [0.25, 0.3) is 0 Å². The van der Waals surface area contributed by atoms with Crippen molar-refractivity contribution in [1.29, 1.82) is 0 Å². The van der Waals surface area contributed by atoms with Crippen LogP contribution in [0.25, 0.3) is 145 Å². The zero-order valence-electron chi connectivity index (χ0n) is 42.9. The third-order valence-corrected chi connectivity index (χ3v) is 15.0. The molecule has 9 aromatic carbocycles. The fourth-order valence-corrected chi connectivity index (χ4v) is 11.0. The van der Waals surface area contributed by atoms with Crippen molar-refractivity contribution < 1.29 is 4.42 Å². The minimum absolute atomic E-state index is 0.622. The maximum atomic E-state index is 6.15. The van der Waals surface area contributed by atoms with E-state index in [1.807, 2.05) is 36.7 Å². The lowest BCUT2D eigenvalue weighted by Gasteiger charge is -2.19. The molecule has 0 unspecified atom stereocenters. The van der Waals surface area contributed by atoms with Crippen LogP contribution in [0.3, 0.4) is 0 Å². The molecule has 0 aliphatic carbocycles. The maximum Gasteiger partial charge on any atom is 0.227 e. The van der Waals surface area contributed by atoms with Gasteiger partial charge in [0.1, 0.15) is 5.58 Å². The van der Waals surface area contributed by atoms with Crippen molar-refractivity contribution in [2.45, 2.75) is 0 Å². The van der Waals surface area contributed by atoms with Crippen molar-refractivity contribution in [3.05, 3.63) is 292 Å². The lowest BCUT2D eigenvalue weighted by atomic mass is 9.85. The molecule has 0 amide bonds. The molecule has 0 saturated carbocycles. The molecule has 14 rings (SSSR count). The molecule has 370 valence electrons. The van der Waals surface area contributed by atoms with Gasteiger partial charge in [-0.1, -0.05) is 200 Å². The highest BCUT2D eigenvalue weighted by Gasteiger charge is 2.20. The van der Waals surface area contributed by atoms with Gasteiger partial charge in [0.05, 0.1) is 17.1 Å². The van der Waals surface area contributed by atoms with Crippen LogP contribution in [0.4, 0.5) is 0 Å². The van der Waals surface area contributed by atoms with Gasteiger partial charge in [-0.3, -0.25) is 15.0 Å². The number of fused-ring (bicyclic) bond motifs is 3. The average Bonchev–Trinajstić information content (AvgIpc) is 4.00. The van der Waals surface area contributed by atoms with E-state index in [1.54, 1.807) is 6.20 Å². The molecule has 0 bridgehead atoms. The Kier molecular flexibility index (Phi) is 12.2. The lowest BCUT2D eigenvalue weighted by Crippen LogP contribution is -1.95. The summed E-state index contributed by atoms with van der Waals surface area (Å²) in [6.07, 6.45) is 7.82. The van der Waals surface area contributed by atoms with Gasteiger partial charge in [0.15, 0.2) is 0 Å². The van der Waals surface area contributed by atoms with E-state index in [0.29, 0.717) is 5.71 Å². The summed E-state index contributed by atoms with van der Waals surface area (Å²) >= 11 is 0. The Hall–Kier alpha value is -10.6. The molecular formula is C74H48N4O. The van der Waals surface area contributed by atoms with Crippen molar-refractivity contribution in [2.24, 2.45) is 0 Å². The molecule has 5 aromatic heterocycles. The summed E-state index contributed by atoms with van der Waals surface area (Å²) in [5.41, 5.74) is 24.7. The van der Waals surface area contributed by atoms with Crippen LogP contribution in [0.2, 0.25) is 0 Å². The van der Waals surface area contributed by atoms with Crippen LogP contribution in [-0.2, 0) is 0 Å². The van der Waals surface area contributed by atoms with Gasteiger partial charge < -0.3 is 4.42 Å². The van der Waals surface area contributed by atoms with E-state index in [9.17, 15) is 0 Å². The first-order valence-corrected chi connectivity index (χ1v) is 26.6. The number of nitrogens with zero attached hydrogens (tertiary/aromatic N) is 4. The van der Waals surface area contributed by atoms with Gasteiger partial charge in [-0.15, -0.1) is 0 Å². The summed E-state index contributed by atoms with van der Waals surface area (Å²) in [5.74, 6) is 0. The van der Waals surface area contributed by atoms with Crippen LogP contribution in [0.1, 0.15) is 0 Å². The number of pyridine rings is 4. The van der Waals surface area contributed by atoms with Crippen molar-refractivity contribution in [1.82, 2.24) is 19.9 Å². The smallest absolute Gasteiger partial charge is 0.227 e. The standard InChI is InChI=1S/C74H48N4O/c1-4-17-49(18-5-1)50-30-32-51(33-31-50)67-45-72(54-36-39-73-68(44-54)66-29-16-40-75-74(66)79-73)78-48-69(67)65-28-15-14-27-64(65)59-42-57(62-25-12-10-23-60(62)55-34-37-70(76-46-55)52-19-6-2-7-20-52)41-58(43-59)63-26-13-11-24-61(63)56-35-38-71(77-47-56)53-21-8-3-9-22-53/h1-48H. The van der Waals surface area contributed by atoms with Crippen molar-refractivity contribution in [3.8, 4) is 123 Å². The number of aromatic nitrogens is 4. The quantitative estimate of drug-likeness (QED) is 0.129. The summed E-state index contributed by atoms with van der Waals surface area (Å²) in [6, 6.07) is 94.4. The zero-order valence-corrected chi connectivity index (χ0v) is 42.9. The van der Waals surface area contributed by atoms with Crippen molar-refractivity contribution in [2.75, 3.05) is 0 Å². The zero-order chi connectivity index (χ0) is 52.5. The highest BCUT2D eigenvalue weighted by molar-refractivity contribution is 6.05. The Labute approximate surface area is 458 Å². The van der Waals surface area contributed by atoms with Crippen LogP contribution in [0.5, 0.6) is 0 Å². The summed E-state index contributed by atoms with van der Waals surface area (Å²) in [4.78, 5) is 19.8. The second-order valence-electron chi connectivity index (χ2n) is 19.8. The lowest BCUT2D eigenvalue weighted by molar-refractivity contribution is 0.654. The number of benzene rings is 9. The summed E-state index contributed by atoms with van der Waals surface area (Å²) in [7, 11) is 0. The second-order valence-corrected chi connectivity index (χ2v) is 19.8. The van der Waals surface area contributed by atoms with E-state index < -0.39 is 0 Å². The summed E-state index contributed by atoms with van der Waals surface area (Å²) in [6.45, 7) is 0. The Bertz CT molecular complexity index is 4350. The predicted molar refractivity (Wildman–Crippen MR) is 325 cm³/mol. The molecule has 0 atom stereocenters. The SMILES string of the molecule is c1ccc(-c2ccc(-c3cc(-c4ccc5oc6ncccc6c5c4)ncc3-c3ccccc3-c3cc(-c4ccccc4-c4ccc(-c5ccccc5)nc4)cc(-c4ccccc4-c4ccc(-c5ccccc5)nc4)c3)cc2)cc1. The minimum atomic E-state index is 0.622. The molecule has 0 spiro atoms. The third-order valence-electron chi connectivity index (χ3n) is 15.0. The number of hydrogen-bond acceptors (Lipinski definition) is 5. The summed E-state index contributed by atoms with van der Waals surface area (Å²) < 4.78 is 6.15. The van der Waals surface area contributed by atoms with E-state index in [-0.39, 0.29) is 0 Å². The fraction of sp³-hybridized carbons (Fsp3) is 0. The first kappa shape index (κ1) is 46.9. The minimum Gasteiger partial charge on any atom is -0.438 e. The topological polar surface area (TPSA) is 64.7 Å². The molecule has 79 heavy (non-hydrogen) atoms. The molecule has 0 N–H and O–H groups in total. The van der Waals surface area contributed by atoms with Gasteiger partial charge in [-0.2, -0.15) is 0 Å². The first-order valence-electron chi connectivity index (χ1n) is 26.6. The molecule has 0 saturated heterocycles. The molecule has 0 radical (unpaired) electrons. The van der Waals surface area contributed by atoms with Gasteiger partial charge in [-0.05, 0) is 139 Å². The fourth-order valence-electron chi connectivity index (χ4n) is 11.0. The Morgan fingerprint density at radius 3 is 1.18 bits per heavy atom. The Balaban J connectivity index is 0.945. The first-order chi connectivity index (χ1) is 39.1. The molecule has 5 heteroatoms. The molecule has 0 fully saturated rings. The number of hydrogen-bond donors (Lipinski definition) is 0. The molecular weight excluding hydrogens is 961 g/mol. The molecule has 0 aliphatic rings. The van der Waals surface area contributed by atoms with Crippen LogP contribution < -0.4 is 0 Å². The van der Waals surface area contributed by atoms with E-state index in [2.05, 4.69) is 254 Å². The van der Waals surface area contributed by atoms with E-state index >= 15 is 0 Å². The largest absolute Gasteiger partial charge is 0.438 e. The number of furan rings is 1. The van der Waals surface area contributed by atoms with Gasteiger partial charge in [0, 0.05) is 68.9 Å². The van der Waals surface area contributed by atoms with Crippen LogP contribution in [0.15, 0.2) is 296 Å². The van der Waals surface area contributed by atoms with Gasteiger partial charge in [0.2, 0.25) is 5.71 Å². The molecule has 5 nitrogen and oxygen atoms in total. The Morgan fingerprint density at radius 2 is 0.646 bits per heavy atom. The normalized spacial score (nSPS) is 11.3. The van der Waals surface area contributed by atoms with Crippen LogP contribution in [-0.4, -0.2) is 19.9 Å². The highest BCUT2D eigenvalue weighted by atomic mass is 16.3. The maximum absolute atomic E-state index is 6.15. The number of rotatable bonds is 11. The predicted octanol–water partition coefficient (Wildman–Crippen LogP) is 19.5. The molecule has 14 aromatic rings. The Morgan fingerprint density at radius 1 is 0.215 bits per heavy atom. The van der Waals surface area contributed by atoms with Crippen molar-refractivity contribution >= 4 is 22.1 Å². The third kappa shape index (κ3) is 9.15. The second kappa shape index (κ2) is 20.5. The van der Waals surface area contributed by atoms with E-state index in [4.69, 9.17) is 19.4 Å². The molecule has 0 aliphatic heterocycles.